The maximum absolute atomic E-state index is 10.6. The average Bonchev–Trinajstić information content (AvgIpc) is 2.50. The molecule has 0 saturated carbocycles. The molecule has 2 N–H and O–H groups in total. The van der Waals surface area contributed by atoms with Crippen molar-refractivity contribution >= 4 is 23.0 Å². The molecule has 6 nitrogen and oxygen atoms in total. The van der Waals surface area contributed by atoms with E-state index in [0.29, 0.717) is 18.3 Å². The highest BCUT2D eigenvalue weighted by molar-refractivity contribution is 5.74. The number of hydrogen-bond donors (Lipinski definition) is 2. The topological polar surface area (TPSA) is 88.0 Å². The molecular formula is C15H20N4O2. The summed E-state index contributed by atoms with van der Waals surface area (Å²) in [5.74, 6) is 0.187. The van der Waals surface area contributed by atoms with E-state index < -0.39 is 5.97 Å². The Hall–Kier alpha value is -2.24. The fourth-order valence-electron chi connectivity index (χ4n) is 2.22. The molecule has 0 spiro atoms. The maximum Gasteiger partial charge on any atom is 0.303 e. The van der Waals surface area contributed by atoms with E-state index >= 15 is 0 Å². The van der Waals surface area contributed by atoms with Crippen LogP contribution in [0.5, 0.6) is 0 Å². The summed E-state index contributed by atoms with van der Waals surface area (Å²) in [5.41, 5.74) is 1.59. The average molecular weight is 288 g/mol. The molecule has 6 heteroatoms. The first-order valence-electron chi connectivity index (χ1n) is 7.24. The second-order valence-corrected chi connectivity index (χ2v) is 5.05. The number of nitrogens with zero attached hydrogens (tertiary/aromatic N) is 3. The van der Waals surface area contributed by atoms with Gasteiger partial charge in [-0.25, -0.2) is 4.98 Å². The zero-order valence-electron chi connectivity index (χ0n) is 12.1. The lowest BCUT2D eigenvalue weighted by Crippen LogP contribution is -2.12. The zero-order chi connectivity index (χ0) is 15.1. The van der Waals surface area contributed by atoms with Gasteiger partial charge >= 0.3 is 5.97 Å². The summed E-state index contributed by atoms with van der Waals surface area (Å²) in [6.07, 6.45) is 2.82. The summed E-state index contributed by atoms with van der Waals surface area (Å²) in [5, 5.41) is 20.0. The molecule has 2 aromatic rings. The molecule has 0 saturated heterocycles. The molecule has 2 rings (SSSR count). The van der Waals surface area contributed by atoms with Crippen LogP contribution < -0.4 is 5.32 Å². The summed E-state index contributed by atoms with van der Waals surface area (Å²) in [6.45, 7) is 2.80. The minimum Gasteiger partial charge on any atom is -0.481 e. The van der Waals surface area contributed by atoms with Crippen LogP contribution in [0.3, 0.4) is 0 Å². The van der Waals surface area contributed by atoms with Gasteiger partial charge in [0.1, 0.15) is 5.52 Å². The van der Waals surface area contributed by atoms with Crippen molar-refractivity contribution in [2.24, 2.45) is 5.92 Å². The number of aromatic nitrogens is 3. The number of rotatable bonds is 8. The van der Waals surface area contributed by atoms with Gasteiger partial charge in [-0.1, -0.05) is 25.5 Å². The number of hydrogen-bond acceptors (Lipinski definition) is 5. The molecule has 1 aromatic heterocycles. The number of fused-ring (bicyclic) bond motifs is 1. The van der Waals surface area contributed by atoms with Gasteiger partial charge in [0.05, 0.1) is 5.52 Å². The van der Waals surface area contributed by atoms with Crippen LogP contribution in [-0.4, -0.2) is 32.8 Å². The molecule has 0 aliphatic carbocycles. The summed E-state index contributed by atoms with van der Waals surface area (Å²) in [7, 11) is 0. The largest absolute Gasteiger partial charge is 0.481 e. The highest BCUT2D eigenvalue weighted by atomic mass is 16.4. The number of anilines is 1. The molecule has 0 fully saturated rings. The van der Waals surface area contributed by atoms with E-state index in [2.05, 4.69) is 27.4 Å². The molecule has 0 aliphatic rings. The van der Waals surface area contributed by atoms with Gasteiger partial charge in [0.25, 0.3) is 0 Å². The van der Waals surface area contributed by atoms with Gasteiger partial charge in [-0.15, -0.1) is 10.2 Å². The number of carbonyl (C=O) groups is 1. The maximum atomic E-state index is 10.6. The van der Waals surface area contributed by atoms with E-state index in [9.17, 15) is 4.79 Å². The number of carboxylic acid groups (broad SMARTS) is 1. The van der Waals surface area contributed by atoms with Crippen molar-refractivity contribution < 1.29 is 9.90 Å². The molecule has 1 atom stereocenters. The van der Waals surface area contributed by atoms with Crippen LogP contribution in [0.15, 0.2) is 24.3 Å². The van der Waals surface area contributed by atoms with Crippen LogP contribution in [0.2, 0.25) is 0 Å². The fraction of sp³-hybridized carbons (Fsp3) is 0.467. The second-order valence-electron chi connectivity index (χ2n) is 5.05. The van der Waals surface area contributed by atoms with E-state index in [-0.39, 0.29) is 6.42 Å². The first kappa shape index (κ1) is 15.2. The molecule has 112 valence electrons. The summed E-state index contributed by atoms with van der Waals surface area (Å²) in [6, 6.07) is 7.59. The van der Waals surface area contributed by atoms with Crippen LogP contribution >= 0.6 is 0 Å². The van der Waals surface area contributed by atoms with Crippen molar-refractivity contribution in [3.63, 3.8) is 0 Å². The van der Waals surface area contributed by atoms with E-state index in [4.69, 9.17) is 5.11 Å². The zero-order valence-corrected chi connectivity index (χ0v) is 12.1. The lowest BCUT2D eigenvalue weighted by Gasteiger charge is -2.13. The molecule has 0 aliphatic heterocycles. The van der Waals surface area contributed by atoms with Gasteiger partial charge < -0.3 is 10.4 Å². The van der Waals surface area contributed by atoms with Crippen LogP contribution in [0.1, 0.15) is 32.6 Å². The van der Waals surface area contributed by atoms with Crippen molar-refractivity contribution in [1.82, 2.24) is 15.2 Å². The van der Waals surface area contributed by atoms with Crippen LogP contribution in [-0.2, 0) is 4.79 Å². The van der Waals surface area contributed by atoms with Gasteiger partial charge in [0, 0.05) is 13.0 Å². The third kappa shape index (κ3) is 4.66. The Balaban J connectivity index is 1.84. The number of carboxylic acids is 1. The summed E-state index contributed by atoms with van der Waals surface area (Å²) < 4.78 is 0. The monoisotopic (exact) mass is 288 g/mol. The SMILES string of the molecule is CCC(CCNc1nnc2ccccc2n1)CCC(=O)O. The Morgan fingerprint density at radius 1 is 1.24 bits per heavy atom. The Morgan fingerprint density at radius 3 is 2.71 bits per heavy atom. The third-order valence-corrected chi connectivity index (χ3v) is 3.54. The van der Waals surface area contributed by atoms with Gasteiger partial charge in [-0.05, 0) is 30.9 Å². The lowest BCUT2D eigenvalue weighted by atomic mass is 9.97. The lowest BCUT2D eigenvalue weighted by molar-refractivity contribution is -0.137. The summed E-state index contributed by atoms with van der Waals surface area (Å²) in [4.78, 5) is 15.0. The third-order valence-electron chi connectivity index (χ3n) is 3.54. The fourth-order valence-corrected chi connectivity index (χ4v) is 2.22. The van der Waals surface area contributed by atoms with Crippen LogP contribution in [0.25, 0.3) is 11.0 Å². The molecule has 21 heavy (non-hydrogen) atoms. The van der Waals surface area contributed by atoms with Gasteiger partial charge in [-0.2, -0.15) is 0 Å². The van der Waals surface area contributed by atoms with Crippen LogP contribution in [0, 0.1) is 5.92 Å². The number of para-hydroxylation sites is 1. The quantitative estimate of drug-likeness (QED) is 0.776. The minimum absolute atomic E-state index is 0.229. The molecule has 1 heterocycles. The Bertz CT molecular complexity index is 603. The molecule has 0 bridgehead atoms. The van der Waals surface area contributed by atoms with E-state index in [1.165, 1.54) is 0 Å². The number of aliphatic carboxylic acids is 1. The number of nitrogens with one attached hydrogen (secondary N) is 1. The van der Waals surface area contributed by atoms with E-state index in [0.717, 1.165) is 30.4 Å². The molecular weight excluding hydrogens is 268 g/mol. The smallest absolute Gasteiger partial charge is 0.303 e. The first-order chi connectivity index (χ1) is 10.2. The van der Waals surface area contributed by atoms with Crippen molar-refractivity contribution in [3.05, 3.63) is 24.3 Å². The highest BCUT2D eigenvalue weighted by Crippen LogP contribution is 2.15. The number of benzene rings is 1. The Morgan fingerprint density at radius 2 is 2.00 bits per heavy atom. The van der Waals surface area contributed by atoms with Gasteiger partial charge in [0.2, 0.25) is 5.95 Å². The van der Waals surface area contributed by atoms with Crippen molar-refractivity contribution in [2.45, 2.75) is 32.6 Å². The molecule has 1 unspecified atom stereocenters. The van der Waals surface area contributed by atoms with Gasteiger partial charge in [0.15, 0.2) is 0 Å². The predicted octanol–water partition coefficient (Wildman–Crippen LogP) is 2.72. The highest BCUT2D eigenvalue weighted by Gasteiger charge is 2.09. The standard InChI is InChI=1S/C15H20N4O2/c1-2-11(7-8-14(20)21)9-10-16-15-17-12-5-3-4-6-13(12)18-19-15/h3-6,11H,2,7-10H2,1H3,(H,20,21)(H,16,17,19). The van der Waals surface area contributed by atoms with Crippen LogP contribution in [0.4, 0.5) is 5.95 Å². The van der Waals surface area contributed by atoms with Gasteiger partial charge in [-0.3, -0.25) is 4.79 Å². The minimum atomic E-state index is -0.733. The predicted molar refractivity (Wildman–Crippen MR) is 81.1 cm³/mol. The second kappa shape index (κ2) is 7.52. The Labute approximate surface area is 123 Å². The molecule has 0 amide bonds. The van der Waals surface area contributed by atoms with Crippen molar-refractivity contribution in [1.29, 1.82) is 0 Å². The van der Waals surface area contributed by atoms with E-state index in [1.807, 2.05) is 24.3 Å². The molecule has 0 radical (unpaired) electrons. The molecule has 1 aromatic carbocycles. The summed E-state index contributed by atoms with van der Waals surface area (Å²) >= 11 is 0. The van der Waals surface area contributed by atoms with Crippen molar-refractivity contribution in [2.75, 3.05) is 11.9 Å². The van der Waals surface area contributed by atoms with E-state index in [1.54, 1.807) is 0 Å². The van der Waals surface area contributed by atoms with Crippen molar-refractivity contribution in [3.8, 4) is 0 Å². The Kier molecular flexibility index (Phi) is 5.43. The first-order valence-corrected chi connectivity index (χ1v) is 7.24. The normalized spacial score (nSPS) is 12.2.